The SMILES string of the molecule is CC1CC(=O)NN=C1c1ccc(N/N=C(/C#N)c2nc(=N)c(C#N)nn2-c2ccc(C3=NNC(=O)CC3C)cc2)cc1. The first kappa shape index (κ1) is 27.5. The summed E-state index contributed by atoms with van der Waals surface area (Å²) < 4.78 is 1.28. The van der Waals surface area contributed by atoms with Gasteiger partial charge < -0.3 is 0 Å². The van der Waals surface area contributed by atoms with Crippen LogP contribution in [0, 0.1) is 39.9 Å². The molecule has 0 saturated carbocycles. The number of hydrogen-bond acceptors (Lipinski definition) is 11. The highest BCUT2D eigenvalue weighted by atomic mass is 16.2. The van der Waals surface area contributed by atoms with Crippen LogP contribution in [0.15, 0.2) is 63.8 Å². The van der Waals surface area contributed by atoms with Crippen molar-refractivity contribution < 1.29 is 9.59 Å². The first-order valence-corrected chi connectivity index (χ1v) is 12.9. The maximum atomic E-state index is 11.6. The number of nitrogens with zero attached hydrogens (tertiary/aromatic N) is 8. The Hall–Kier alpha value is -6.02. The fourth-order valence-corrected chi connectivity index (χ4v) is 4.55. The zero-order valence-electron chi connectivity index (χ0n) is 22.6. The third-order valence-corrected chi connectivity index (χ3v) is 6.67. The Morgan fingerprint density at radius 3 is 2.00 bits per heavy atom. The Morgan fingerprint density at radius 1 is 0.952 bits per heavy atom. The number of anilines is 1. The van der Waals surface area contributed by atoms with E-state index in [1.807, 2.05) is 38.1 Å². The quantitative estimate of drug-likeness (QED) is 0.258. The molecule has 1 aromatic heterocycles. The molecular weight excluding hydrogens is 536 g/mol. The highest BCUT2D eigenvalue weighted by Gasteiger charge is 2.23. The van der Waals surface area contributed by atoms with Crippen LogP contribution in [-0.2, 0) is 9.59 Å². The summed E-state index contributed by atoms with van der Waals surface area (Å²) in [5, 5.41) is 44.3. The second-order valence-electron chi connectivity index (χ2n) is 9.74. The van der Waals surface area contributed by atoms with Crippen molar-refractivity contribution in [2.24, 2.45) is 27.1 Å². The van der Waals surface area contributed by atoms with Gasteiger partial charge in [-0.15, -0.1) is 0 Å². The predicted octanol–water partition coefficient (Wildman–Crippen LogP) is 1.68. The Labute approximate surface area is 239 Å². The van der Waals surface area contributed by atoms with Crippen molar-refractivity contribution in [3.05, 3.63) is 76.7 Å². The first-order chi connectivity index (χ1) is 20.3. The van der Waals surface area contributed by atoms with E-state index in [4.69, 9.17) is 5.41 Å². The lowest BCUT2D eigenvalue weighted by Gasteiger charge is -2.19. The van der Waals surface area contributed by atoms with E-state index >= 15 is 0 Å². The van der Waals surface area contributed by atoms with Gasteiger partial charge in [0.15, 0.2) is 11.3 Å². The summed E-state index contributed by atoms with van der Waals surface area (Å²) in [6.45, 7) is 3.84. The Morgan fingerprint density at radius 2 is 1.50 bits per heavy atom. The van der Waals surface area contributed by atoms with Gasteiger partial charge in [0.25, 0.3) is 0 Å². The normalized spacial score (nSPS) is 18.5. The predicted molar refractivity (Wildman–Crippen MR) is 151 cm³/mol. The van der Waals surface area contributed by atoms with Gasteiger partial charge in [-0.1, -0.05) is 38.1 Å². The molecule has 2 atom stereocenters. The molecule has 3 heterocycles. The van der Waals surface area contributed by atoms with Crippen LogP contribution in [0.4, 0.5) is 5.69 Å². The first-order valence-electron chi connectivity index (χ1n) is 12.9. The van der Waals surface area contributed by atoms with Gasteiger partial charge in [0.05, 0.1) is 22.8 Å². The summed E-state index contributed by atoms with van der Waals surface area (Å²) in [6, 6.07) is 18.0. The number of carbonyl (C=O) groups excluding carboxylic acids is 2. The minimum absolute atomic E-state index is 0.0285. The second kappa shape index (κ2) is 11.6. The second-order valence-corrected chi connectivity index (χ2v) is 9.74. The van der Waals surface area contributed by atoms with E-state index in [1.165, 1.54) is 4.68 Å². The molecule has 0 aliphatic carbocycles. The van der Waals surface area contributed by atoms with E-state index in [2.05, 4.69) is 41.7 Å². The molecule has 0 fully saturated rings. The zero-order valence-corrected chi connectivity index (χ0v) is 22.6. The van der Waals surface area contributed by atoms with E-state index in [0.29, 0.717) is 24.2 Å². The molecule has 2 aliphatic heterocycles. The Kier molecular flexibility index (Phi) is 7.61. The van der Waals surface area contributed by atoms with Crippen LogP contribution < -0.4 is 21.8 Å². The van der Waals surface area contributed by atoms with E-state index < -0.39 is 5.49 Å². The fourth-order valence-electron chi connectivity index (χ4n) is 4.55. The van der Waals surface area contributed by atoms with Crippen molar-refractivity contribution in [2.45, 2.75) is 26.7 Å². The van der Waals surface area contributed by atoms with Gasteiger partial charge in [-0.25, -0.2) is 20.5 Å². The average Bonchev–Trinajstić information content (AvgIpc) is 2.98. The third kappa shape index (κ3) is 5.64. The average molecular weight is 561 g/mol. The van der Waals surface area contributed by atoms with Gasteiger partial charge in [0.2, 0.25) is 23.2 Å². The van der Waals surface area contributed by atoms with Gasteiger partial charge in [0, 0.05) is 24.7 Å². The Balaban J connectivity index is 1.44. The molecule has 2 aromatic carbocycles. The van der Waals surface area contributed by atoms with Crippen molar-refractivity contribution in [1.29, 1.82) is 15.9 Å². The number of rotatable bonds is 6. The van der Waals surface area contributed by atoms with Crippen molar-refractivity contribution in [3.8, 4) is 17.8 Å². The maximum absolute atomic E-state index is 11.6. The Bertz CT molecular complexity index is 1810. The molecule has 2 aliphatic rings. The van der Waals surface area contributed by atoms with E-state index in [-0.39, 0.29) is 40.9 Å². The standard InChI is InChI=1S/C28H24N12O2/c1-15-11-23(41)35-37-25(15)17-3-7-19(8-4-17)33-34-22(14-30)28-32-27(31)21(13-29)39-40(28)20-9-5-18(6-10-20)26-16(2)12-24(42)36-38-26/h3-10,15-16,31,33H,11-12H2,1-2H3,(H,35,41)(H,36,42)/b31-27?,34-22-. The maximum Gasteiger partial charge on any atom is 0.240 e. The van der Waals surface area contributed by atoms with Crippen molar-refractivity contribution in [1.82, 2.24) is 25.6 Å². The molecule has 2 amide bonds. The minimum atomic E-state index is -0.400. The summed E-state index contributed by atoms with van der Waals surface area (Å²) >= 11 is 0. The summed E-state index contributed by atoms with van der Waals surface area (Å²) in [6.07, 6.45) is 0.679. The molecule has 4 N–H and O–H groups in total. The molecule has 0 saturated heterocycles. The number of amides is 2. The number of carbonyl (C=O) groups is 2. The molecule has 0 bridgehead atoms. The number of hydrazone groups is 3. The number of benzene rings is 2. The van der Waals surface area contributed by atoms with E-state index in [9.17, 15) is 20.1 Å². The van der Waals surface area contributed by atoms with Gasteiger partial charge in [-0.05, 0) is 35.4 Å². The number of aromatic nitrogens is 3. The highest BCUT2D eigenvalue weighted by Crippen LogP contribution is 2.20. The lowest BCUT2D eigenvalue weighted by Crippen LogP contribution is -2.32. The molecule has 2 unspecified atom stereocenters. The molecule has 14 nitrogen and oxygen atoms in total. The molecular formula is C28H24N12O2. The molecule has 5 rings (SSSR count). The van der Waals surface area contributed by atoms with Crippen LogP contribution in [-0.4, -0.2) is 43.7 Å². The highest BCUT2D eigenvalue weighted by molar-refractivity contribution is 6.10. The number of nitriles is 2. The lowest BCUT2D eigenvalue weighted by molar-refractivity contribution is -0.122. The van der Waals surface area contributed by atoms with Crippen LogP contribution in [0.5, 0.6) is 0 Å². The number of nitrogens with one attached hydrogen (secondary N) is 4. The molecule has 0 radical (unpaired) electrons. The van der Waals surface area contributed by atoms with Gasteiger partial charge in [-0.3, -0.25) is 20.4 Å². The van der Waals surface area contributed by atoms with Crippen LogP contribution in [0.3, 0.4) is 0 Å². The van der Waals surface area contributed by atoms with Crippen LogP contribution in [0.1, 0.15) is 49.3 Å². The van der Waals surface area contributed by atoms with Crippen LogP contribution in [0.25, 0.3) is 5.69 Å². The van der Waals surface area contributed by atoms with E-state index in [1.54, 1.807) is 36.4 Å². The summed E-state index contributed by atoms with van der Waals surface area (Å²) in [7, 11) is 0. The largest absolute Gasteiger partial charge is 0.280 e. The zero-order chi connectivity index (χ0) is 29.8. The fraction of sp³-hybridized carbons (Fsp3) is 0.214. The van der Waals surface area contributed by atoms with Crippen molar-refractivity contribution in [2.75, 3.05) is 5.43 Å². The summed E-state index contributed by atoms with van der Waals surface area (Å²) in [4.78, 5) is 27.3. The van der Waals surface area contributed by atoms with Crippen molar-refractivity contribution >= 4 is 34.6 Å². The third-order valence-electron chi connectivity index (χ3n) is 6.67. The van der Waals surface area contributed by atoms with Crippen LogP contribution in [0.2, 0.25) is 0 Å². The summed E-state index contributed by atoms with van der Waals surface area (Å²) in [5.74, 6) is -0.415. The number of hydrogen-bond donors (Lipinski definition) is 4. The lowest BCUT2D eigenvalue weighted by atomic mass is 9.94. The van der Waals surface area contributed by atoms with Crippen molar-refractivity contribution in [3.63, 3.8) is 0 Å². The molecule has 3 aromatic rings. The molecule has 14 heteroatoms. The molecule has 0 spiro atoms. The molecule has 42 heavy (non-hydrogen) atoms. The van der Waals surface area contributed by atoms with Gasteiger partial charge in [0.1, 0.15) is 12.1 Å². The topological polar surface area (TPSA) is 209 Å². The smallest absolute Gasteiger partial charge is 0.240 e. The van der Waals surface area contributed by atoms with E-state index in [0.717, 1.165) is 22.6 Å². The molecule has 208 valence electrons. The minimum Gasteiger partial charge on any atom is -0.280 e. The van der Waals surface area contributed by atoms with Gasteiger partial charge >= 0.3 is 0 Å². The monoisotopic (exact) mass is 560 g/mol. The summed E-state index contributed by atoms with van der Waals surface area (Å²) in [5.41, 5.74) is 11.2. The van der Waals surface area contributed by atoms with Gasteiger partial charge in [-0.2, -0.15) is 30.9 Å². The van der Waals surface area contributed by atoms with Crippen LogP contribution >= 0.6 is 0 Å².